The standard InChI is InChI=1S/C14H21N5O3/c15-12(21)11-5-16-14(18-8-1-3-10(20)4-2-8)19-13(11)17-9-6-22-7-9/h5,8-10,20H,1-4,6-7H2,(H2,15,21)(H2,16,17,18,19). The van der Waals surface area contributed by atoms with Crippen molar-refractivity contribution in [1.29, 1.82) is 0 Å². The van der Waals surface area contributed by atoms with Crippen LogP contribution in [0.2, 0.25) is 0 Å². The number of hydrogen-bond donors (Lipinski definition) is 4. The molecule has 120 valence electrons. The highest BCUT2D eigenvalue weighted by Gasteiger charge is 2.23. The lowest BCUT2D eigenvalue weighted by atomic mass is 9.93. The summed E-state index contributed by atoms with van der Waals surface area (Å²) >= 11 is 0. The van der Waals surface area contributed by atoms with Crippen LogP contribution < -0.4 is 16.4 Å². The molecule has 0 unspecified atom stereocenters. The van der Waals surface area contributed by atoms with E-state index in [-0.39, 0.29) is 23.8 Å². The quantitative estimate of drug-likeness (QED) is 0.608. The summed E-state index contributed by atoms with van der Waals surface area (Å²) in [6.07, 6.45) is 4.55. The maximum Gasteiger partial charge on any atom is 0.254 e. The van der Waals surface area contributed by atoms with E-state index in [1.54, 1.807) is 0 Å². The minimum Gasteiger partial charge on any atom is -0.393 e. The predicted molar refractivity (Wildman–Crippen MR) is 80.7 cm³/mol. The summed E-state index contributed by atoms with van der Waals surface area (Å²) in [5.74, 6) is 0.346. The molecule has 5 N–H and O–H groups in total. The van der Waals surface area contributed by atoms with Crippen LogP contribution in [-0.4, -0.2) is 52.4 Å². The number of nitrogens with one attached hydrogen (secondary N) is 2. The molecule has 1 saturated heterocycles. The highest BCUT2D eigenvalue weighted by Crippen LogP contribution is 2.22. The van der Waals surface area contributed by atoms with Gasteiger partial charge in [0.2, 0.25) is 5.95 Å². The van der Waals surface area contributed by atoms with Crippen molar-refractivity contribution >= 4 is 17.7 Å². The van der Waals surface area contributed by atoms with Gasteiger partial charge in [0.05, 0.1) is 30.9 Å². The summed E-state index contributed by atoms with van der Waals surface area (Å²) < 4.78 is 5.11. The second-order valence-electron chi connectivity index (χ2n) is 5.85. The van der Waals surface area contributed by atoms with Crippen LogP contribution in [0.25, 0.3) is 0 Å². The van der Waals surface area contributed by atoms with E-state index in [0.717, 1.165) is 25.7 Å². The van der Waals surface area contributed by atoms with Crippen molar-refractivity contribution in [1.82, 2.24) is 9.97 Å². The van der Waals surface area contributed by atoms with E-state index >= 15 is 0 Å². The fourth-order valence-electron chi connectivity index (χ4n) is 2.66. The second kappa shape index (κ2) is 6.45. The first kappa shape index (κ1) is 15.0. The molecular formula is C14H21N5O3. The van der Waals surface area contributed by atoms with Gasteiger partial charge in [0.15, 0.2) is 0 Å². The van der Waals surface area contributed by atoms with Crippen LogP contribution in [0, 0.1) is 0 Å². The Morgan fingerprint density at radius 1 is 1.23 bits per heavy atom. The Balaban J connectivity index is 1.71. The van der Waals surface area contributed by atoms with Crippen LogP contribution in [-0.2, 0) is 4.74 Å². The minimum atomic E-state index is -0.560. The Morgan fingerprint density at radius 2 is 1.95 bits per heavy atom. The Morgan fingerprint density at radius 3 is 2.55 bits per heavy atom. The molecule has 22 heavy (non-hydrogen) atoms. The third-order valence-corrected chi connectivity index (χ3v) is 4.06. The average Bonchev–Trinajstić information content (AvgIpc) is 2.45. The Kier molecular flexibility index (Phi) is 4.39. The fraction of sp³-hybridized carbons (Fsp3) is 0.643. The molecule has 1 aliphatic heterocycles. The molecule has 0 bridgehead atoms. The van der Waals surface area contributed by atoms with Crippen LogP contribution in [0.4, 0.5) is 11.8 Å². The van der Waals surface area contributed by atoms with Crippen molar-refractivity contribution in [3.05, 3.63) is 11.8 Å². The van der Waals surface area contributed by atoms with Gasteiger partial charge in [0.1, 0.15) is 5.82 Å². The molecule has 1 amide bonds. The molecule has 8 nitrogen and oxygen atoms in total. The van der Waals surface area contributed by atoms with Crippen molar-refractivity contribution < 1.29 is 14.6 Å². The van der Waals surface area contributed by atoms with Crippen molar-refractivity contribution in [2.45, 2.75) is 43.9 Å². The number of nitrogens with zero attached hydrogens (tertiary/aromatic N) is 2. The summed E-state index contributed by atoms with van der Waals surface area (Å²) in [6, 6.07) is 0.383. The van der Waals surface area contributed by atoms with Gasteiger partial charge >= 0.3 is 0 Å². The minimum absolute atomic E-state index is 0.144. The normalized spacial score (nSPS) is 25.3. The first-order valence-corrected chi connectivity index (χ1v) is 7.57. The van der Waals surface area contributed by atoms with E-state index in [1.165, 1.54) is 6.20 Å². The number of rotatable bonds is 5. The van der Waals surface area contributed by atoms with Crippen molar-refractivity contribution in [3.8, 4) is 0 Å². The van der Waals surface area contributed by atoms with Gasteiger partial charge in [-0.2, -0.15) is 4.98 Å². The van der Waals surface area contributed by atoms with Crippen molar-refractivity contribution in [2.24, 2.45) is 5.73 Å². The fourth-order valence-corrected chi connectivity index (χ4v) is 2.66. The van der Waals surface area contributed by atoms with E-state index in [1.807, 2.05) is 0 Å². The van der Waals surface area contributed by atoms with Gasteiger partial charge in [-0.05, 0) is 25.7 Å². The van der Waals surface area contributed by atoms with Crippen LogP contribution in [0.3, 0.4) is 0 Å². The molecule has 8 heteroatoms. The molecule has 1 aromatic rings. The first-order chi connectivity index (χ1) is 10.6. The molecule has 2 fully saturated rings. The maximum atomic E-state index is 11.5. The van der Waals surface area contributed by atoms with Crippen molar-refractivity contribution in [2.75, 3.05) is 23.8 Å². The summed E-state index contributed by atoms with van der Waals surface area (Å²) in [6.45, 7) is 1.18. The molecule has 3 rings (SSSR count). The van der Waals surface area contributed by atoms with E-state index in [0.29, 0.717) is 25.0 Å². The smallest absolute Gasteiger partial charge is 0.254 e. The number of aromatic nitrogens is 2. The van der Waals surface area contributed by atoms with Gasteiger partial charge in [-0.3, -0.25) is 4.79 Å². The lowest BCUT2D eigenvalue weighted by molar-refractivity contribution is 0.0209. The summed E-state index contributed by atoms with van der Waals surface area (Å²) in [7, 11) is 0. The molecule has 0 spiro atoms. The molecule has 1 aromatic heterocycles. The average molecular weight is 307 g/mol. The number of carbonyl (C=O) groups excluding carboxylic acids is 1. The molecule has 0 atom stereocenters. The largest absolute Gasteiger partial charge is 0.393 e. The Labute approximate surface area is 128 Å². The highest BCUT2D eigenvalue weighted by atomic mass is 16.5. The zero-order valence-electron chi connectivity index (χ0n) is 12.3. The summed E-state index contributed by atoms with van der Waals surface area (Å²) in [5.41, 5.74) is 5.64. The van der Waals surface area contributed by atoms with Gasteiger partial charge in [-0.25, -0.2) is 4.98 Å². The Hall–Kier alpha value is -1.93. The zero-order valence-corrected chi connectivity index (χ0v) is 12.3. The number of primary amides is 1. The van der Waals surface area contributed by atoms with Crippen LogP contribution in [0.1, 0.15) is 36.0 Å². The molecular weight excluding hydrogens is 286 g/mol. The lowest BCUT2D eigenvalue weighted by Crippen LogP contribution is -2.41. The zero-order chi connectivity index (χ0) is 15.5. The molecule has 2 aliphatic rings. The van der Waals surface area contributed by atoms with E-state index in [2.05, 4.69) is 20.6 Å². The maximum absolute atomic E-state index is 11.5. The van der Waals surface area contributed by atoms with Gasteiger partial charge in [0, 0.05) is 12.2 Å². The van der Waals surface area contributed by atoms with Crippen LogP contribution >= 0.6 is 0 Å². The van der Waals surface area contributed by atoms with E-state index in [4.69, 9.17) is 10.5 Å². The van der Waals surface area contributed by atoms with Gasteiger partial charge in [-0.15, -0.1) is 0 Å². The van der Waals surface area contributed by atoms with Gasteiger partial charge < -0.3 is 26.2 Å². The van der Waals surface area contributed by atoms with Crippen molar-refractivity contribution in [3.63, 3.8) is 0 Å². The number of aliphatic hydroxyl groups is 1. The van der Waals surface area contributed by atoms with Gasteiger partial charge in [-0.1, -0.05) is 0 Å². The SMILES string of the molecule is NC(=O)c1cnc(NC2CCC(O)CC2)nc1NC1COC1. The summed E-state index contributed by atoms with van der Waals surface area (Å²) in [5, 5.41) is 16.0. The molecule has 0 radical (unpaired) electrons. The number of aliphatic hydroxyl groups excluding tert-OH is 1. The van der Waals surface area contributed by atoms with E-state index in [9.17, 15) is 9.90 Å². The topological polar surface area (TPSA) is 122 Å². The number of anilines is 2. The molecule has 1 aliphatic carbocycles. The first-order valence-electron chi connectivity index (χ1n) is 7.57. The number of amides is 1. The second-order valence-corrected chi connectivity index (χ2v) is 5.85. The third-order valence-electron chi connectivity index (χ3n) is 4.06. The number of hydrogen-bond acceptors (Lipinski definition) is 7. The number of nitrogens with two attached hydrogens (primary N) is 1. The Bertz CT molecular complexity index is 541. The third kappa shape index (κ3) is 3.45. The molecule has 0 aromatic carbocycles. The van der Waals surface area contributed by atoms with E-state index < -0.39 is 5.91 Å². The van der Waals surface area contributed by atoms with Gasteiger partial charge in [0.25, 0.3) is 5.91 Å². The lowest BCUT2D eigenvalue weighted by Gasteiger charge is -2.28. The highest BCUT2D eigenvalue weighted by molar-refractivity contribution is 5.97. The predicted octanol–water partition coefficient (Wildman–Crippen LogP) is 0.102. The monoisotopic (exact) mass is 307 g/mol. The molecule has 2 heterocycles. The van der Waals surface area contributed by atoms with Crippen LogP contribution in [0.5, 0.6) is 0 Å². The molecule has 1 saturated carbocycles. The number of carbonyl (C=O) groups is 1. The summed E-state index contributed by atoms with van der Waals surface area (Å²) in [4.78, 5) is 20.0. The van der Waals surface area contributed by atoms with Crippen LogP contribution in [0.15, 0.2) is 6.20 Å². The number of ether oxygens (including phenoxy) is 1.